The van der Waals surface area contributed by atoms with Crippen molar-refractivity contribution in [3.05, 3.63) is 23.8 Å². The number of β-amino-alcohol motifs (C(OH)–C–C–N with tert-alkyl or cyclic N) is 1. The number of amides is 1. The first-order chi connectivity index (χ1) is 17.8. The van der Waals surface area contributed by atoms with Crippen molar-refractivity contribution in [1.29, 1.82) is 0 Å². The zero-order valence-corrected chi connectivity index (χ0v) is 23.2. The van der Waals surface area contributed by atoms with Crippen molar-refractivity contribution in [3.8, 4) is 11.5 Å². The summed E-state index contributed by atoms with van der Waals surface area (Å²) in [5, 5.41) is 21.2. The highest BCUT2D eigenvalue weighted by molar-refractivity contribution is 5.77. The smallest absolute Gasteiger partial charge is 0.223 e. The Balaban J connectivity index is 1.47. The van der Waals surface area contributed by atoms with Gasteiger partial charge in [-0.05, 0) is 75.1 Å². The molecule has 0 unspecified atom stereocenters. The number of piperidine rings is 1. The highest BCUT2D eigenvalue weighted by atomic mass is 16.5. The minimum atomic E-state index is -0.595. The number of hydrogen-bond donors (Lipinski definition) is 2. The second-order valence-corrected chi connectivity index (χ2v) is 12.2. The van der Waals surface area contributed by atoms with Gasteiger partial charge in [0, 0.05) is 44.1 Å². The molecule has 1 saturated carbocycles. The number of aliphatic hydroxyl groups excluding tert-OH is 1. The lowest BCUT2D eigenvalue weighted by atomic mass is 9.80. The van der Waals surface area contributed by atoms with E-state index in [0.717, 1.165) is 57.3 Å². The lowest BCUT2D eigenvalue weighted by Crippen LogP contribution is -2.49. The number of nitrogens with zero attached hydrogens (tertiary/aromatic N) is 2. The van der Waals surface area contributed by atoms with Gasteiger partial charge < -0.3 is 24.6 Å². The third-order valence-electron chi connectivity index (χ3n) is 8.84. The van der Waals surface area contributed by atoms with Crippen LogP contribution in [0.3, 0.4) is 0 Å². The summed E-state index contributed by atoms with van der Waals surface area (Å²) in [6.45, 7) is 10.9. The molecule has 3 fully saturated rings. The maximum absolute atomic E-state index is 13.8. The van der Waals surface area contributed by atoms with Gasteiger partial charge in [0.2, 0.25) is 5.91 Å². The molecular formula is C30H48N2O5. The molecule has 7 heteroatoms. The quantitative estimate of drug-likeness (QED) is 0.596. The van der Waals surface area contributed by atoms with Crippen LogP contribution in [0.25, 0.3) is 0 Å². The highest BCUT2D eigenvalue weighted by Crippen LogP contribution is 2.35. The normalized spacial score (nSPS) is 28.7. The fourth-order valence-corrected chi connectivity index (χ4v) is 6.41. The van der Waals surface area contributed by atoms with Gasteiger partial charge in [0.15, 0.2) is 11.5 Å². The molecule has 2 aliphatic heterocycles. The molecule has 4 rings (SSSR count). The van der Waals surface area contributed by atoms with E-state index in [1.54, 1.807) is 6.07 Å². The van der Waals surface area contributed by atoms with Crippen molar-refractivity contribution in [2.75, 3.05) is 39.5 Å². The highest BCUT2D eigenvalue weighted by Gasteiger charge is 2.37. The maximum atomic E-state index is 13.8. The summed E-state index contributed by atoms with van der Waals surface area (Å²) in [4.78, 5) is 18.3. The molecule has 37 heavy (non-hydrogen) atoms. The molecule has 0 spiro atoms. The van der Waals surface area contributed by atoms with Crippen molar-refractivity contribution in [1.82, 2.24) is 9.80 Å². The van der Waals surface area contributed by atoms with Crippen LogP contribution < -0.4 is 4.74 Å². The van der Waals surface area contributed by atoms with Crippen molar-refractivity contribution in [2.24, 2.45) is 17.3 Å². The van der Waals surface area contributed by atoms with Gasteiger partial charge in [-0.3, -0.25) is 9.69 Å². The molecule has 1 aliphatic carbocycles. The van der Waals surface area contributed by atoms with Crippen LogP contribution in [0, 0.1) is 17.3 Å². The van der Waals surface area contributed by atoms with E-state index in [1.165, 1.54) is 12.8 Å². The second kappa shape index (κ2) is 12.8. The van der Waals surface area contributed by atoms with Gasteiger partial charge in [-0.15, -0.1) is 0 Å². The number of fused-ring (bicyclic) bond motifs is 1. The molecule has 2 saturated heterocycles. The molecule has 2 N–H and O–H groups in total. The van der Waals surface area contributed by atoms with Crippen molar-refractivity contribution in [3.63, 3.8) is 0 Å². The molecule has 7 nitrogen and oxygen atoms in total. The first kappa shape index (κ1) is 28.2. The van der Waals surface area contributed by atoms with Gasteiger partial charge in [-0.2, -0.15) is 0 Å². The number of carbonyl (C=O) groups excluding carboxylic acids is 1. The van der Waals surface area contributed by atoms with E-state index in [4.69, 9.17) is 9.47 Å². The fraction of sp³-hybridized carbons (Fsp3) is 0.767. The molecule has 0 radical (unpaired) electrons. The Labute approximate surface area is 223 Å². The van der Waals surface area contributed by atoms with Gasteiger partial charge in [0.05, 0.1) is 19.3 Å². The fourth-order valence-electron chi connectivity index (χ4n) is 6.41. The number of phenolic OH excluding ortho intramolecular Hbond substituents is 1. The third kappa shape index (κ3) is 7.39. The molecule has 1 aromatic carbocycles. The Bertz CT molecular complexity index is 885. The van der Waals surface area contributed by atoms with Crippen molar-refractivity contribution < 1.29 is 24.5 Å². The average Bonchev–Trinajstić information content (AvgIpc) is 3.40. The summed E-state index contributed by atoms with van der Waals surface area (Å²) < 4.78 is 11.6. The van der Waals surface area contributed by atoms with E-state index in [9.17, 15) is 15.0 Å². The largest absolute Gasteiger partial charge is 0.504 e. The van der Waals surface area contributed by atoms with Crippen LogP contribution >= 0.6 is 0 Å². The number of phenols is 1. The third-order valence-corrected chi connectivity index (χ3v) is 8.84. The minimum Gasteiger partial charge on any atom is -0.504 e. The molecule has 1 amide bonds. The van der Waals surface area contributed by atoms with E-state index >= 15 is 0 Å². The first-order valence-electron chi connectivity index (χ1n) is 14.5. The number of benzene rings is 1. The summed E-state index contributed by atoms with van der Waals surface area (Å²) in [5.41, 5.74) is 0.742. The Morgan fingerprint density at radius 1 is 1.08 bits per heavy atom. The van der Waals surface area contributed by atoms with Crippen molar-refractivity contribution in [2.45, 2.75) is 90.8 Å². The monoisotopic (exact) mass is 516 g/mol. The number of likely N-dealkylation sites (tertiary alicyclic amines) is 1. The van der Waals surface area contributed by atoms with Crippen LogP contribution in [0.2, 0.25) is 0 Å². The Morgan fingerprint density at radius 3 is 2.62 bits per heavy atom. The molecule has 3 atom stereocenters. The van der Waals surface area contributed by atoms with E-state index in [-0.39, 0.29) is 23.1 Å². The molecule has 3 aliphatic rings. The molecule has 208 valence electrons. The molecule has 0 bridgehead atoms. The molecule has 2 heterocycles. The number of aliphatic hydroxyl groups is 1. The Hall–Kier alpha value is -1.83. The Morgan fingerprint density at radius 2 is 1.86 bits per heavy atom. The second-order valence-electron chi connectivity index (χ2n) is 12.2. The van der Waals surface area contributed by atoms with Crippen LogP contribution in [0.4, 0.5) is 0 Å². The SMILES string of the molecule is CCOc1cc(CN2CC[C@H]3CC(=O)N(C4CCCC4)C[C@H](O)C(C)(C)COCCC[C@H]3C2)ccc1O. The molecule has 0 aromatic heterocycles. The number of carbonyl (C=O) groups is 1. The Kier molecular flexibility index (Phi) is 9.76. The predicted octanol–water partition coefficient (Wildman–Crippen LogP) is 4.59. The van der Waals surface area contributed by atoms with Gasteiger partial charge in [-0.25, -0.2) is 0 Å². The van der Waals surface area contributed by atoms with E-state index in [1.807, 2.05) is 37.8 Å². The summed E-state index contributed by atoms with van der Waals surface area (Å²) >= 11 is 0. The molecule has 1 aromatic rings. The number of hydrogen-bond acceptors (Lipinski definition) is 6. The summed E-state index contributed by atoms with van der Waals surface area (Å²) in [7, 11) is 0. The topological polar surface area (TPSA) is 82.5 Å². The van der Waals surface area contributed by atoms with E-state index in [0.29, 0.717) is 50.4 Å². The summed E-state index contributed by atoms with van der Waals surface area (Å²) in [6, 6.07) is 5.89. The van der Waals surface area contributed by atoms with Crippen LogP contribution in [0.5, 0.6) is 11.5 Å². The lowest BCUT2D eigenvalue weighted by Gasteiger charge is -2.40. The number of ether oxygens (including phenoxy) is 2. The van der Waals surface area contributed by atoms with Crippen LogP contribution in [0.1, 0.15) is 77.7 Å². The zero-order chi connectivity index (χ0) is 26.4. The summed E-state index contributed by atoms with van der Waals surface area (Å²) in [5.74, 6) is 1.74. The maximum Gasteiger partial charge on any atom is 0.223 e. The van der Waals surface area contributed by atoms with Crippen LogP contribution in [0.15, 0.2) is 18.2 Å². The minimum absolute atomic E-state index is 0.179. The van der Waals surface area contributed by atoms with Gasteiger partial charge >= 0.3 is 0 Å². The van der Waals surface area contributed by atoms with Gasteiger partial charge in [0.1, 0.15) is 0 Å². The number of aromatic hydroxyl groups is 1. The lowest BCUT2D eigenvalue weighted by molar-refractivity contribution is -0.139. The predicted molar refractivity (Wildman–Crippen MR) is 145 cm³/mol. The first-order valence-corrected chi connectivity index (χ1v) is 14.5. The summed E-state index contributed by atoms with van der Waals surface area (Å²) in [6.07, 6.45) is 7.43. The van der Waals surface area contributed by atoms with Gasteiger partial charge in [-0.1, -0.05) is 32.8 Å². The molecular weight excluding hydrogens is 468 g/mol. The van der Waals surface area contributed by atoms with Gasteiger partial charge in [0.25, 0.3) is 0 Å². The number of rotatable bonds is 5. The van der Waals surface area contributed by atoms with E-state index in [2.05, 4.69) is 4.90 Å². The van der Waals surface area contributed by atoms with Crippen molar-refractivity contribution >= 4 is 5.91 Å². The standard InChI is InChI=1S/C30H48N2O5/c1-4-37-27-16-22(11-12-26(27)33)18-31-14-13-23-17-29(35)32(25-9-5-6-10-25)20-28(34)30(2,3)21-36-15-7-8-24(23)19-31/h11-12,16,23-25,28,33-34H,4-10,13-15,17-21H2,1-3H3/t23-,24-,28-/m0/s1. The van der Waals surface area contributed by atoms with E-state index < -0.39 is 6.10 Å². The average molecular weight is 517 g/mol. The zero-order valence-electron chi connectivity index (χ0n) is 23.2. The van der Waals surface area contributed by atoms with Crippen LogP contribution in [-0.2, 0) is 16.1 Å². The van der Waals surface area contributed by atoms with Crippen LogP contribution in [-0.4, -0.2) is 77.5 Å².